The van der Waals surface area contributed by atoms with E-state index in [1.807, 2.05) is 0 Å². The number of allylic oxidation sites excluding steroid dienone is 2. The first kappa shape index (κ1) is 24.3. The highest BCUT2D eigenvalue weighted by Crippen LogP contribution is 2.67. The average molecular weight is 481 g/mol. The number of rotatable bonds is 5. The van der Waals surface area contributed by atoms with E-state index in [0.717, 1.165) is 55.3 Å². The lowest BCUT2D eigenvalue weighted by Gasteiger charge is -2.58. The maximum absolute atomic E-state index is 12.8. The largest absolute Gasteiger partial charge is 0.462 e. The summed E-state index contributed by atoms with van der Waals surface area (Å²) >= 11 is 0. The van der Waals surface area contributed by atoms with E-state index in [2.05, 4.69) is 39.0 Å². The third-order valence-electron chi connectivity index (χ3n) is 12.4. The molecule has 0 radical (unpaired) electrons. The average Bonchev–Trinajstić information content (AvgIpc) is 3.33. The van der Waals surface area contributed by atoms with E-state index in [0.29, 0.717) is 29.1 Å². The Bertz CT molecular complexity index is 889. The van der Waals surface area contributed by atoms with Crippen molar-refractivity contribution in [2.75, 3.05) is 0 Å². The molecule has 0 amide bonds. The lowest BCUT2D eigenvalue weighted by atomic mass is 9.47. The van der Waals surface area contributed by atoms with Crippen LogP contribution in [0.15, 0.2) is 23.8 Å². The molecule has 0 unspecified atom stereocenters. The Balaban J connectivity index is 1.08. The molecule has 0 aromatic carbocycles. The minimum absolute atomic E-state index is 0.0450. The number of hydrogen-bond donors (Lipinski definition) is 1. The zero-order valence-corrected chi connectivity index (χ0v) is 22.4. The second kappa shape index (κ2) is 9.03. The second-order valence-corrected chi connectivity index (χ2v) is 14.1. The van der Waals surface area contributed by atoms with Gasteiger partial charge in [0.15, 0.2) is 0 Å². The van der Waals surface area contributed by atoms with Gasteiger partial charge in [0.05, 0.1) is 6.10 Å². The van der Waals surface area contributed by atoms with Gasteiger partial charge in [0.1, 0.15) is 6.10 Å². The summed E-state index contributed by atoms with van der Waals surface area (Å²) in [4.78, 5) is 12.8. The summed E-state index contributed by atoms with van der Waals surface area (Å²) in [5.74, 6) is 5.02. The van der Waals surface area contributed by atoms with Crippen LogP contribution in [0, 0.1) is 52.3 Å². The summed E-state index contributed by atoms with van der Waals surface area (Å²) < 4.78 is 6.00. The fourth-order valence-electron chi connectivity index (χ4n) is 10.5. The van der Waals surface area contributed by atoms with Crippen LogP contribution in [0.5, 0.6) is 0 Å². The van der Waals surface area contributed by atoms with Gasteiger partial charge in [-0.05, 0) is 123 Å². The minimum Gasteiger partial charge on any atom is -0.462 e. The van der Waals surface area contributed by atoms with Crippen molar-refractivity contribution in [3.63, 3.8) is 0 Å². The van der Waals surface area contributed by atoms with Gasteiger partial charge >= 0.3 is 5.97 Å². The van der Waals surface area contributed by atoms with Crippen LogP contribution in [0.3, 0.4) is 0 Å². The molecule has 6 aliphatic rings. The Hall–Kier alpha value is -1.09. The zero-order valence-electron chi connectivity index (χ0n) is 22.4. The molecule has 0 saturated heterocycles. The molecular weight excluding hydrogens is 432 g/mol. The summed E-state index contributed by atoms with van der Waals surface area (Å²) in [6, 6.07) is 0. The van der Waals surface area contributed by atoms with Gasteiger partial charge in [-0.25, -0.2) is 0 Å². The Kier molecular flexibility index (Phi) is 6.26. The first-order valence-electron chi connectivity index (χ1n) is 15.0. The van der Waals surface area contributed by atoms with Crippen LogP contribution in [-0.4, -0.2) is 23.3 Å². The fourth-order valence-corrected chi connectivity index (χ4v) is 10.5. The molecular formula is C32H48O3. The number of fused-ring (bicyclic) bond motifs is 7. The number of esters is 1. The van der Waals surface area contributed by atoms with Gasteiger partial charge in [-0.15, -0.1) is 0 Å². The normalized spacial score (nSPS) is 49.0. The van der Waals surface area contributed by atoms with Gasteiger partial charge in [0.2, 0.25) is 0 Å². The van der Waals surface area contributed by atoms with Crippen molar-refractivity contribution in [2.24, 2.45) is 52.3 Å². The summed E-state index contributed by atoms with van der Waals surface area (Å²) in [6.07, 6.45) is 21.9. The van der Waals surface area contributed by atoms with Gasteiger partial charge in [0, 0.05) is 12.3 Å². The second-order valence-electron chi connectivity index (χ2n) is 14.1. The number of aliphatic hydroxyl groups excluding tert-OH is 1. The lowest BCUT2D eigenvalue weighted by molar-refractivity contribution is -0.150. The first-order chi connectivity index (χ1) is 16.8. The monoisotopic (exact) mass is 480 g/mol. The molecule has 4 fully saturated rings. The Morgan fingerprint density at radius 2 is 1.97 bits per heavy atom. The van der Waals surface area contributed by atoms with Crippen LogP contribution in [0.1, 0.15) is 104 Å². The molecule has 194 valence electrons. The number of ether oxygens (including phenoxy) is 1. The predicted octanol–water partition coefficient (Wildman–Crippen LogP) is 7.24. The molecule has 3 heteroatoms. The van der Waals surface area contributed by atoms with Crippen molar-refractivity contribution >= 4 is 5.97 Å². The molecule has 0 heterocycles. The molecule has 0 aromatic heterocycles. The molecule has 0 aliphatic heterocycles. The van der Waals surface area contributed by atoms with Crippen LogP contribution in [0.25, 0.3) is 0 Å². The Labute approximate surface area is 213 Å². The van der Waals surface area contributed by atoms with Crippen LogP contribution in [0.2, 0.25) is 0 Å². The standard InChI is InChI=1S/C32H48O3/c1-20(7-12-30(34)35-29-18-21-5-4-6-22(29)17-21)26-10-11-27-25-9-8-23-19-24(33)13-15-31(23,2)28(25)14-16-32(26,27)3/h4,6,8,20-22,24-29,33H,5,7,9-19H2,1-3H3/t20-,21+,22+,24-,25-,26+,27-,28-,29-,31-,32+/m0/s1. The molecule has 6 rings (SSSR count). The molecule has 1 N–H and O–H groups in total. The lowest BCUT2D eigenvalue weighted by Crippen LogP contribution is -2.50. The van der Waals surface area contributed by atoms with Crippen molar-refractivity contribution in [1.29, 1.82) is 0 Å². The fraction of sp³-hybridized carbons (Fsp3) is 0.844. The highest BCUT2D eigenvalue weighted by atomic mass is 16.5. The van der Waals surface area contributed by atoms with E-state index in [-0.39, 0.29) is 18.2 Å². The maximum atomic E-state index is 12.8. The highest BCUT2D eigenvalue weighted by Gasteiger charge is 2.59. The smallest absolute Gasteiger partial charge is 0.306 e. The van der Waals surface area contributed by atoms with Gasteiger partial charge in [-0.1, -0.05) is 44.6 Å². The molecule has 6 aliphatic carbocycles. The topological polar surface area (TPSA) is 46.5 Å². The quantitative estimate of drug-likeness (QED) is 0.333. The third-order valence-corrected chi connectivity index (χ3v) is 12.4. The third kappa shape index (κ3) is 4.07. The molecule has 35 heavy (non-hydrogen) atoms. The summed E-state index contributed by atoms with van der Waals surface area (Å²) in [5, 5.41) is 10.3. The van der Waals surface area contributed by atoms with E-state index < -0.39 is 0 Å². The van der Waals surface area contributed by atoms with Crippen molar-refractivity contribution in [3.05, 3.63) is 23.8 Å². The summed E-state index contributed by atoms with van der Waals surface area (Å²) in [6.45, 7) is 7.56. The van der Waals surface area contributed by atoms with Gasteiger partial charge in [-0.3, -0.25) is 4.79 Å². The molecule has 3 nitrogen and oxygen atoms in total. The Morgan fingerprint density at radius 3 is 2.80 bits per heavy atom. The first-order valence-corrected chi connectivity index (χ1v) is 15.0. The van der Waals surface area contributed by atoms with Crippen molar-refractivity contribution in [3.8, 4) is 0 Å². The van der Waals surface area contributed by atoms with Crippen molar-refractivity contribution < 1.29 is 14.6 Å². The number of hydrogen-bond acceptors (Lipinski definition) is 3. The summed E-state index contributed by atoms with van der Waals surface area (Å²) in [7, 11) is 0. The zero-order chi connectivity index (χ0) is 24.4. The molecule has 4 saturated carbocycles. The van der Waals surface area contributed by atoms with E-state index in [4.69, 9.17) is 4.74 Å². The van der Waals surface area contributed by atoms with Gasteiger partial charge in [-0.2, -0.15) is 0 Å². The van der Waals surface area contributed by atoms with E-state index in [1.54, 1.807) is 5.57 Å². The van der Waals surface area contributed by atoms with E-state index >= 15 is 0 Å². The molecule has 11 atom stereocenters. The predicted molar refractivity (Wildman–Crippen MR) is 139 cm³/mol. The van der Waals surface area contributed by atoms with Crippen LogP contribution in [-0.2, 0) is 9.53 Å². The minimum atomic E-state index is -0.118. The number of aliphatic hydroxyl groups is 1. The molecule has 0 spiro atoms. The Morgan fingerprint density at radius 1 is 1.11 bits per heavy atom. The van der Waals surface area contributed by atoms with E-state index in [9.17, 15) is 9.90 Å². The van der Waals surface area contributed by atoms with Crippen LogP contribution in [0.4, 0.5) is 0 Å². The number of carbonyl (C=O) groups is 1. The van der Waals surface area contributed by atoms with Crippen LogP contribution < -0.4 is 0 Å². The van der Waals surface area contributed by atoms with E-state index in [1.165, 1.54) is 51.4 Å². The van der Waals surface area contributed by atoms with Gasteiger partial charge in [0.25, 0.3) is 0 Å². The SMILES string of the molecule is C[C@@H](CCC(=O)O[C@H]1C[C@@H]2CC=C[C@@H]1C2)[C@H]1CC[C@H]2[C@@H]3CC=C4C[C@@H](O)CC[C@]4(C)[C@H]3CC[C@]12C. The van der Waals surface area contributed by atoms with Crippen molar-refractivity contribution in [2.45, 2.75) is 116 Å². The maximum Gasteiger partial charge on any atom is 0.306 e. The highest BCUT2D eigenvalue weighted by molar-refractivity contribution is 5.69. The van der Waals surface area contributed by atoms with Crippen LogP contribution >= 0.6 is 0 Å². The summed E-state index contributed by atoms with van der Waals surface area (Å²) in [5.41, 5.74) is 2.32. The van der Waals surface area contributed by atoms with Crippen molar-refractivity contribution in [1.82, 2.24) is 0 Å². The molecule has 0 aromatic rings. The van der Waals surface area contributed by atoms with Gasteiger partial charge < -0.3 is 9.84 Å². The number of carbonyl (C=O) groups excluding carboxylic acids is 1. The molecule has 2 bridgehead atoms.